The summed E-state index contributed by atoms with van der Waals surface area (Å²) in [5.74, 6) is 1.67. The Kier molecular flexibility index (Phi) is 4.78. The minimum absolute atomic E-state index is 0.727. The van der Waals surface area contributed by atoms with E-state index in [1.807, 2.05) is 29.7 Å². The zero-order valence-corrected chi connectivity index (χ0v) is 15.3. The van der Waals surface area contributed by atoms with Crippen LogP contribution in [0.3, 0.4) is 0 Å². The van der Waals surface area contributed by atoms with E-state index in [2.05, 4.69) is 4.98 Å². The van der Waals surface area contributed by atoms with E-state index in [1.54, 1.807) is 25.1 Å². The Bertz CT molecular complexity index is 848. The number of nitrogens with zero attached hydrogens (tertiary/aromatic N) is 3. The van der Waals surface area contributed by atoms with Crippen LogP contribution in [0.15, 0.2) is 29.6 Å². The first-order valence-electron chi connectivity index (χ1n) is 8.21. The maximum absolute atomic E-state index is 5.21. The Balaban J connectivity index is 1.85. The molecule has 0 saturated heterocycles. The summed E-state index contributed by atoms with van der Waals surface area (Å²) in [6.07, 6.45) is 8.50. The SMILES string of the molecule is COCCSc1nc(-c2cccnc2)nc2sc3c(c12)CCCC3. The Hall–Kier alpha value is -1.50. The second-order valence-electron chi connectivity index (χ2n) is 5.83. The highest BCUT2D eigenvalue weighted by atomic mass is 32.2. The van der Waals surface area contributed by atoms with Gasteiger partial charge in [-0.1, -0.05) is 0 Å². The van der Waals surface area contributed by atoms with Gasteiger partial charge in [0.1, 0.15) is 9.86 Å². The van der Waals surface area contributed by atoms with Gasteiger partial charge < -0.3 is 4.74 Å². The van der Waals surface area contributed by atoms with Gasteiger partial charge in [0.05, 0.1) is 6.61 Å². The summed E-state index contributed by atoms with van der Waals surface area (Å²) >= 11 is 3.62. The molecular formula is C18H19N3OS2. The summed E-state index contributed by atoms with van der Waals surface area (Å²) in [5, 5.41) is 2.37. The minimum Gasteiger partial charge on any atom is -0.384 e. The van der Waals surface area contributed by atoms with Gasteiger partial charge >= 0.3 is 0 Å². The van der Waals surface area contributed by atoms with Gasteiger partial charge in [0.15, 0.2) is 5.82 Å². The first-order chi connectivity index (χ1) is 11.9. The number of rotatable bonds is 5. The molecule has 0 amide bonds. The molecule has 0 spiro atoms. The molecule has 0 radical (unpaired) electrons. The van der Waals surface area contributed by atoms with E-state index in [0.717, 1.165) is 40.0 Å². The summed E-state index contributed by atoms with van der Waals surface area (Å²) in [6, 6.07) is 3.95. The predicted molar refractivity (Wildman–Crippen MR) is 99.9 cm³/mol. The zero-order valence-electron chi connectivity index (χ0n) is 13.6. The second kappa shape index (κ2) is 7.17. The van der Waals surface area contributed by atoms with Crippen LogP contribution < -0.4 is 0 Å². The van der Waals surface area contributed by atoms with Crippen LogP contribution >= 0.6 is 23.1 Å². The van der Waals surface area contributed by atoms with Crippen LogP contribution in [-0.4, -0.2) is 34.4 Å². The standard InChI is InChI=1S/C18H19N3OS2/c1-22-9-10-23-17-15-13-6-2-3-7-14(13)24-18(15)21-16(20-17)12-5-4-8-19-11-12/h4-5,8,11H,2-3,6-7,9-10H2,1H3. The fourth-order valence-corrected chi connectivity index (χ4v) is 5.36. The molecule has 3 heterocycles. The first kappa shape index (κ1) is 16.0. The number of ether oxygens (including phenoxy) is 1. The number of thiophene rings is 1. The molecule has 4 nitrogen and oxygen atoms in total. The van der Waals surface area contributed by atoms with Crippen molar-refractivity contribution in [1.29, 1.82) is 0 Å². The van der Waals surface area contributed by atoms with E-state index in [4.69, 9.17) is 14.7 Å². The first-order valence-corrected chi connectivity index (χ1v) is 10.0. The van der Waals surface area contributed by atoms with Crippen LogP contribution in [0.5, 0.6) is 0 Å². The van der Waals surface area contributed by atoms with Crippen molar-refractivity contribution in [3.8, 4) is 11.4 Å². The lowest BCUT2D eigenvalue weighted by Gasteiger charge is -2.12. The Morgan fingerprint density at radius 3 is 3.00 bits per heavy atom. The lowest BCUT2D eigenvalue weighted by Crippen LogP contribution is -2.00. The van der Waals surface area contributed by atoms with Crippen molar-refractivity contribution in [3.63, 3.8) is 0 Å². The molecule has 1 aliphatic carbocycles. The highest BCUT2D eigenvalue weighted by Gasteiger charge is 2.21. The fraction of sp³-hybridized carbons (Fsp3) is 0.389. The maximum atomic E-state index is 5.21. The fourth-order valence-electron chi connectivity index (χ4n) is 3.07. The summed E-state index contributed by atoms with van der Waals surface area (Å²) in [6.45, 7) is 0.727. The number of thioether (sulfide) groups is 1. The summed E-state index contributed by atoms with van der Waals surface area (Å²) in [4.78, 5) is 16.6. The number of pyridine rings is 1. The van der Waals surface area contributed by atoms with Gasteiger partial charge in [-0.2, -0.15) is 0 Å². The zero-order chi connectivity index (χ0) is 16.4. The molecule has 1 aliphatic rings. The number of aryl methyl sites for hydroxylation is 2. The third-order valence-corrected chi connectivity index (χ3v) is 6.35. The average Bonchev–Trinajstić information content (AvgIpc) is 3.01. The van der Waals surface area contributed by atoms with Crippen molar-refractivity contribution < 1.29 is 4.74 Å². The van der Waals surface area contributed by atoms with E-state index in [1.165, 1.54) is 35.1 Å². The molecule has 3 aromatic heterocycles. The third kappa shape index (κ3) is 3.06. The van der Waals surface area contributed by atoms with Gasteiger partial charge in [0.2, 0.25) is 0 Å². The molecule has 124 valence electrons. The predicted octanol–water partition coefficient (Wildman–Crippen LogP) is 4.37. The lowest BCUT2D eigenvalue weighted by molar-refractivity contribution is 0.218. The van der Waals surface area contributed by atoms with Crippen molar-refractivity contribution in [2.45, 2.75) is 30.7 Å². The van der Waals surface area contributed by atoms with Gasteiger partial charge in [-0.15, -0.1) is 23.1 Å². The van der Waals surface area contributed by atoms with Gasteiger partial charge in [-0.3, -0.25) is 4.98 Å². The Morgan fingerprint density at radius 2 is 2.17 bits per heavy atom. The van der Waals surface area contributed by atoms with Crippen LogP contribution in [0, 0.1) is 0 Å². The topological polar surface area (TPSA) is 47.9 Å². The van der Waals surface area contributed by atoms with E-state index in [0.29, 0.717) is 0 Å². The summed E-state index contributed by atoms with van der Waals surface area (Å²) < 4.78 is 5.21. The molecule has 0 fully saturated rings. The van der Waals surface area contributed by atoms with Crippen LogP contribution in [0.1, 0.15) is 23.3 Å². The van der Waals surface area contributed by atoms with Crippen LogP contribution in [-0.2, 0) is 17.6 Å². The number of fused-ring (bicyclic) bond motifs is 3. The molecule has 24 heavy (non-hydrogen) atoms. The highest BCUT2D eigenvalue weighted by Crippen LogP contribution is 2.40. The van der Waals surface area contributed by atoms with Crippen molar-refractivity contribution in [2.24, 2.45) is 0 Å². The minimum atomic E-state index is 0.727. The van der Waals surface area contributed by atoms with Crippen LogP contribution in [0.2, 0.25) is 0 Å². The van der Waals surface area contributed by atoms with Crippen LogP contribution in [0.4, 0.5) is 0 Å². The molecule has 6 heteroatoms. The second-order valence-corrected chi connectivity index (χ2v) is 7.99. The Morgan fingerprint density at radius 1 is 1.25 bits per heavy atom. The Labute approximate surface area is 149 Å². The van der Waals surface area contributed by atoms with Gasteiger partial charge in [-0.05, 0) is 43.4 Å². The van der Waals surface area contributed by atoms with Gasteiger partial charge in [0, 0.05) is 41.1 Å². The van der Waals surface area contributed by atoms with Gasteiger partial charge in [-0.25, -0.2) is 9.97 Å². The van der Waals surface area contributed by atoms with Crippen molar-refractivity contribution in [1.82, 2.24) is 15.0 Å². The molecule has 0 aliphatic heterocycles. The molecule has 0 saturated carbocycles. The smallest absolute Gasteiger partial charge is 0.163 e. The monoisotopic (exact) mass is 357 g/mol. The summed E-state index contributed by atoms with van der Waals surface area (Å²) in [5.41, 5.74) is 2.46. The lowest BCUT2D eigenvalue weighted by atomic mass is 9.97. The van der Waals surface area contributed by atoms with E-state index >= 15 is 0 Å². The molecule has 4 rings (SSSR count). The molecule has 0 bridgehead atoms. The van der Waals surface area contributed by atoms with Crippen molar-refractivity contribution in [2.75, 3.05) is 19.5 Å². The van der Waals surface area contributed by atoms with Gasteiger partial charge in [0.25, 0.3) is 0 Å². The van der Waals surface area contributed by atoms with Crippen molar-refractivity contribution >= 4 is 33.3 Å². The van der Waals surface area contributed by atoms with E-state index in [9.17, 15) is 0 Å². The molecular weight excluding hydrogens is 338 g/mol. The van der Waals surface area contributed by atoms with Crippen LogP contribution in [0.25, 0.3) is 21.6 Å². The molecule has 3 aromatic rings. The number of aromatic nitrogens is 3. The average molecular weight is 358 g/mol. The molecule has 0 unspecified atom stereocenters. The summed E-state index contributed by atoms with van der Waals surface area (Å²) in [7, 11) is 1.74. The van der Waals surface area contributed by atoms with E-state index in [-0.39, 0.29) is 0 Å². The highest BCUT2D eigenvalue weighted by molar-refractivity contribution is 7.99. The molecule has 0 atom stereocenters. The van der Waals surface area contributed by atoms with E-state index < -0.39 is 0 Å². The number of hydrogen-bond acceptors (Lipinski definition) is 6. The normalized spacial score (nSPS) is 14.0. The number of methoxy groups -OCH3 is 1. The maximum Gasteiger partial charge on any atom is 0.163 e. The molecule has 0 N–H and O–H groups in total. The number of hydrogen-bond donors (Lipinski definition) is 0. The molecule has 0 aromatic carbocycles. The quantitative estimate of drug-likeness (QED) is 0.385. The third-order valence-electron chi connectivity index (χ3n) is 4.23. The largest absolute Gasteiger partial charge is 0.384 e. The van der Waals surface area contributed by atoms with Crippen molar-refractivity contribution in [3.05, 3.63) is 35.0 Å².